The van der Waals surface area contributed by atoms with Gasteiger partial charge in [-0.05, 0) is 24.5 Å². The van der Waals surface area contributed by atoms with Crippen molar-refractivity contribution >= 4 is 17.5 Å². The monoisotopic (exact) mass is 276 g/mol. The van der Waals surface area contributed by atoms with Crippen LogP contribution in [0.3, 0.4) is 0 Å². The number of hydrogen-bond donors (Lipinski definition) is 2. The van der Waals surface area contributed by atoms with Crippen LogP contribution in [0.15, 0.2) is 24.3 Å². The highest BCUT2D eigenvalue weighted by Crippen LogP contribution is 2.16. The standard InChI is InChI=1S/C16H24N2O2/c1-5-12(4)15(19)18-14-9-7-6-8-13(14)16(20)17-10-11(2)3/h6-9,11-12H,5,10H2,1-4H3,(H,17,20)(H,18,19). The van der Waals surface area contributed by atoms with E-state index < -0.39 is 0 Å². The summed E-state index contributed by atoms with van der Waals surface area (Å²) in [5.41, 5.74) is 1.07. The quantitative estimate of drug-likeness (QED) is 0.839. The lowest BCUT2D eigenvalue weighted by atomic mass is 10.1. The molecular weight excluding hydrogens is 252 g/mol. The van der Waals surface area contributed by atoms with E-state index in [4.69, 9.17) is 0 Å². The largest absolute Gasteiger partial charge is 0.352 e. The first-order valence-electron chi connectivity index (χ1n) is 7.13. The lowest BCUT2D eigenvalue weighted by Crippen LogP contribution is -2.29. The van der Waals surface area contributed by atoms with Gasteiger partial charge in [0.05, 0.1) is 11.3 Å². The van der Waals surface area contributed by atoms with Gasteiger partial charge in [0.25, 0.3) is 5.91 Å². The SMILES string of the molecule is CCC(C)C(=O)Nc1ccccc1C(=O)NCC(C)C. The molecule has 1 aromatic carbocycles. The molecule has 0 radical (unpaired) electrons. The van der Waals surface area contributed by atoms with Crippen molar-refractivity contribution in [2.75, 3.05) is 11.9 Å². The van der Waals surface area contributed by atoms with Crippen LogP contribution in [0.25, 0.3) is 0 Å². The summed E-state index contributed by atoms with van der Waals surface area (Å²) in [6.07, 6.45) is 0.771. The van der Waals surface area contributed by atoms with E-state index in [9.17, 15) is 9.59 Å². The van der Waals surface area contributed by atoms with Crippen LogP contribution in [0, 0.1) is 11.8 Å². The maximum Gasteiger partial charge on any atom is 0.253 e. The van der Waals surface area contributed by atoms with E-state index in [2.05, 4.69) is 10.6 Å². The lowest BCUT2D eigenvalue weighted by molar-refractivity contribution is -0.119. The molecular formula is C16H24N2O2. The number of benzene rings is 1. The molecule has 0 aliphatic carbocycles. The number of hydrogen-bond acceptors (Lipinski definition) is 2. The predicted molar refractivity (Wildman–Crippen MR) is 81.7 cm³/mol. The van der Waals surface area contributed by atoms with Gasteiger partial charge >= 0.3 is 0 Å². The number of amides is 2. The van der Waals surface area contributed by atoms with E-state index in [0.29, 0.717) is 23.7 Å². The topological polar surface area (TPSA) is 58.2 Å². The molecule has 0 saturated carbocycles. The molecule has 2 N–H and O–H groups in total. The van der Waals surface area contributed by atoms with Gasteiger partial charge in [0.2, 0.25) is 5.91 Å². The van der Waals surface area contributed by atoms with Gasteiger partial charge in [0, 0.05) is 12.5 Å². The summed E-state index contributed by atoms with van der Waals surface area (Å²) >= 11 is 0. The molecule has 110 valence electrons. The van der Waals surface area contributed by atoms with Gasteiger partial charge in [-0.3, -0.25) is 9.59 Å². The summed E-state index contributed by atoms with van der Waals surface area (Å²) in [5.74, 6) is 0.109. The fraction of sp³-hybridized carbons (Fsp3) is 0.500. The van der Waals surface area contributed by atoms with Crippen LogP contribution >= 0.6 is 0 Å². The van der Waals surface area contributed by atoms with Crippen LogP contribution < -0.4 is 10.6 Å². The molecule has 2 amide bonds. The molecule has 4 heteroatoms. The zero-order chi connectivity index (χ0) is 15.1. The summed E-state index contributed by atoms with van der Waals surface area (Å²) in [5, 5.41) is 5.69. The number of anilines is 1. The van der Waals surface area contributed by atoms with Crippen molar-refractivity contribution in [3.63, 3.8) is 0 Å². The molecule has 0 aromatic heterocycles. The summed E-state index contributed by atoms with van der Waals surface area (Å²) in [7, 11) is 0. The Morgan fingerprint density at radius 1 is 1.15 bits per heavy atom. The van der Waals surface area contributed by atoms with Gasteiger partial charge in [-0.2, -0.15) is 0 Å². The second kappa shape index (κ2) is 7.68. The summed E-state index contributed by atoms with van der Waals surface area (Å²) in [4.78, 5) is 24.1. The molecule has 20 heavy (non-hydrogen) atoms. The van der Waals surface area contributed by atoms with Crippen molar-refractivity contribution in [2.45, 2.75) is 34.1 Å². The van der Waals surface area contributed by atoms with E-state index in [1.807, 2.05) is 33.8 Å². The Balaban J connectivity index is 2.82. The van der Waals surface area contributed by atoms with E-state index in [0.717, 1.165) is 6.42 Å². The number of carbonyl (C=O) groups is 2. The van der Waals surface area contributed by atoms with Crippen molar-refractivity contribution in [1.29, 1.82) is 0 Å². The van der Waals surface area contributed by atoms with E-state index >= 15 is 0 Å². The molecule has 0 fully saturated rings. The third kappa shape index (κ3) is 4.68. The average molecular weight is 276 g/mol. The summed E-state index contributed by atoms with van der Waals surface area (Å²) in [6, 6.07) is 7.08. The molecule has 0 saturated heterocycles. The van der Waals surface area contributed by atoms with Crippen molar-refractivity contribution < 1.29 is 9.59 Å². The van der Waals surface area contributed by atoms with Crippen molar-refractivity contribution in [2.24, 2.45) is 11.8 Å². The Labute approximate surface area is 121 Å². The van der Waals surface area contributed by atoms with Gasteiger partial charge in [-0.15, -0.1) is 0 Å². The maximum absolute atomic E-state index is 12.1. The molecule has 1 unspecified atom stereocenters. The fourth-order valence-electron chi connectivity index (χ4n) is 1.62. The highest BCUT2D eigenvalue weighted by Gasteiger charge is 2.15. The number of nitrogens with one attached hydrogen (secondary N) is 2. The Morgan fingerprint density at radius 2 is 1.80 bits per heavy atom. The van der Waals surface area contributed by atoms with Crippen molar-refractivity contribution in [1.82, 2.24) is 5.32 Å². The molecule has 1 rings (SSSR count). The number of para-hydroxylation sites is 1. The summed E-state index contributed by atoms with van der Waals surface area (Å²) in [6.45, 7) is 8.53. The van der Waals surface area contributed by atoms with Gasteiger partial charge in [-0.1, -0.05) is 39.8 Å². The van der Waals surface area contributed by atoms with Crippen LogP contribution in [0.4, 0.5) is 5.69 Å². The molecule has 0 aliphatic rings. The first kappa shape index (κ1) is 16.2. The lowest BCUT2D eigenvalue weighted by Gasteiger charge is -2.14. The van der Waals surface area contributed by atoms with Gasteiger partial charge < -0.3 is 10.6 Å². The van der Waals surface area contributed by atoms with Crippen LogP contribution in [0.5, 0.6) is 0 Å². The molecule has 0 aliphatic heterocycles. The first-order valence-corrected chi connectivity index (χ1v) is 7.13. The average Bonchev–Trinajstić information content (AvgIpc) is 2.44. The Bertz CT molecular complexity index is 469. The molecule has 0 heterocycles. The van der Waals surface area contributed by atoms with Gasteiger partial charge in [-0.25, -0.2) is 0 Å². The van der Waals surface area contributed by atoms with E-state index in [1.165, 1.54) is 0 Å². The van der Waals surface area contributed by atoms with Crippen molar-refractivity contribution in [3.8, 4) is 0 Å². The maximum atomic E-state index is 12.1. The van der Waals surface area contributed by atoms with Gasteiger partial charge in [0.1, 0.15) is 0 Å². The number of rotatable bonds is 6. The number of carbonyl (C=O) groups excluding carboxylic acids is 2. The summed E-state index contributed by atoms with van der Waals surface area (Å²) < 4.78 is 0. The third-order valence-corrected chi connectivity index (χ3v) is 3.16. The normalized spacial score (nSPS) is 12.1. The minimum atomic E-state index is -0.154. The van der Waals surface area contributed by atoms with Gasteiger partial charge in [0.15, 0.2) is 0 Å². The zero-order valence-corrected chi connectivity index (χ0v) is 12.7. The molecule has 1 atom stereocenters. The molecule has 1 aromatic rings. The minimum Gasteiger partial charge on any atom is -0.352 e. The Kier molecular flexibility index (Phi) is 6.22. The second-order valence-electron chi connectivity index (χ2n) is 5.45. The minimum absolute atomic E-state index is 0.0587. The second-order valence-corrected chi connectivity index (χ2v) is 5.45. The smallest absolute Gasteiger partial charge is 0.253 e. The third-order valence-electron chi connectivity index (χ3n) is 3.16. The molecule has 0 bridgehead atoms. The van der Waals surface area contributed by atoms with Crippen LogP contribution in [-0.2, 0) is 4.79 Å². The fourth-order valence-corrected chi connectivity index (χ4v) is 1.62. The van der Waals surface area contributed by atoms with Crippen LogP contribution in [0.1, 0.15) is 44.5 Å². The Hall–Kier alpha value is -1.84. The van der Waals surface area contributed by atoms with E-state index in [-0.39, 0.29) is 17.7 Å². The highest BCUT2D eigenvalue weighted by atomic mass is 16.2. The zero-order valence-electron chi connectivity index (χ0n) is 12.7. The molecule has 0 spiro atoms. The van der Waals surface area contributed by atoms with E-state index in [1.54, 1.807) is 18.2 Å². The van der Waals surface area contributed by atoms with Crippen molar-refractivity contribution in [3.05, 3.63) is 29.8 Å². The first-order chi connectivity index (χ1) is 9.45. The predicted octanol–water partition coefficient (Wildman–Crippen LogP) is 3.06. The highest BCUT2D eigenvalue weighted by molar-refractivity contribution is 6.04. The Morgan fingerprint density at radius 3 is 2.40 bits per heavy atom. The van der Waals surface area contributed by atoms with Crippen LogP contribution in [0.2, 0.25) is 0 Å². The molecule has 4 nitrogen and oxygen atoms in total. The van der Waals surface area contributed by atoms with Crippen LogP contribution in [-0.4, -0.2) is 18.4 Å².